The zero-order chi connectivity index (χ0) is 22.4. The van der Waals surface area contributed by atoms with Crippen molar-refractivity contribution in [3.8, 4) is 0 Å². The molecule has 0 saturated heterocycles. The van der Waals surface area contributed by atoms with E-state index >= 15 is 0 Å². The first-order chi connectivity index (χ1) is 16.1. The number of anilines is 3. The largest absolute Gasteiger partial charge is 0.346 e. The van der Waals surface area contributed by atoms with Gasteiger partial charge in [0.05, 0.1) is 17.6 Å². The first-order valence-electron chi connectivity index (χ1n) is 10.6. The van der Waals surface area contributed by atoms with Crippen LogP contribution in [0.5, 0.6) is 0 Å². The lowest BCUT2D eigenvalue weighted by molar-refractivity contribution is -0.115. The summed E-state index contributed by atoms with van der Waals surface area (Å²) in [6.07, 6.45) is 6.05. The van der Waals surface area contributed by atoms with Crippen molar-refractivity contribution in [3.63, 3.8) is 0 Å². The highest BCUT2D eigenvalue weighted by Gasteiger charge is 2.18. The molecule has 4 N–H and O–H groups in total. The van der Waals surface area contributed by atoms with Crippen LogP contribution in [0.4, 0.5) is 21.9 Å². The van der Waals surface area contributed by atoms with E-state index in [2.05, 4.69) is 30.5 Å². The highest BCUT2D eigenvalue weighted by Crippen LogP contribution is 2.28. The summed E-state index contributed by atoms with van der Waals surface area (Å²) in [7, 11) is 0. The van der Waals surface area contributed by atoms with E-state index in [4.69, 9.17) is 0 Å². The lowest BCUT2D eigenvalue weighted by Crippen LogP contribution is -2.19. The van der Waals surface area contributed by atoms with E-state index in [1.807, 2.05) is 61.1 Å². The van der Waals surface area contributed by atoms with Crippen LogP contribution in [0.1, 0.15) is 11.1 Å². The lowest BCUT2D eigenvalue weighted by Gasteiger charge is -2.11. The number of pyridine rings is 1. The molecular weight excluding hydrogens is 416 g/mol. The number of nitrogens with zero attached hydrogens (tertiary/aromatic N) is 2. The molecule has 0 saturated carbocycles. The van der Waals surface area contributed by atoms with Crippen LogP contribution >= 0.6 is 0 Å². The number of benzene rings is 2. The Morgan fingerprint density at radius 2 is 2.00 bits per heavy atom. The van der Waals surface area contributed by atoms with Gasteiger partial charge in [0, 0.05) is 47.3 Å². The maximum Gasteiger partial charge on any atom is 0.323 e. The second-order valence-electron chi connectivity index (χ2n) is 8.07. The zero-order valence-electron chi connectivity index (χ0n) is 17.6. The van der Waals surface area contributed by atoms with Crippen molar-refractivity contribution >= 4 is 50.9 Å². The van der Waals surface area contributed by atoms with Crippen molar-refractivity contribution in [1.82, 2.24) is 14.5 Å². The van der Waals surface area contributed by atoms with Gasteiger partial charge in [-0.15, -0.1) is 0 Å². The van der Waals surface area contributed by atoms with Crippen LogP contribution in [0.15, 0.2) is 73.2 Å². The monoisotopic (exact) mass is 436 g/mol. The Hall–Kier alpha value is -4.59. The van der Waals surface area contributed by atoms with E-state index < -0.39 is 0 Å². The second-order valence-corrected chi connectivity index (χ2v) is 8.07. The number of hydrogen-bond donors (Lipinski definition) is 4. The number of carbonyl (C=O) groups excluding carboxylic acids is 2. The molecule has 33 heavy (non-hydrogen) atoms. The molecule has 0 aliphatic carbocycles. The summed E-state index contributed by atoms with van der Waals surface area (Å²) in [5.41, 5.74) is 6.10. The number of nitrogens with one attached hydrogen (secondary N) is 4. The number of H-pyrrole nitrogens is 1. The number of carbonyl (C=O) groups is 2. The van der Waals surface area contributed by atoms with Crippen molar-refractivity contribution in [1.29, 1.82) is 0 Å². The van der Waals surface area contributed by atoms with Gasteiger partial charge in [-0.3, -0.25) is 4.79 Å². The van der Waals surface area contributed by atoms with Crippen LogP contribution < -0.4 is 16.0 Å². The van der Waals surface area contributed by atoms with Crippen molar-refractivity contribution in [3.05, 3.63) is 84.3 Å². The third kappa shape index (κ3) is 3.47. The lowest BCUT2D eigenvalue weighted by atomic mass is 10.1. The van der Waals surface area contributed by atoms with E-state index in [1.54, 1.807) is 12.1 Å². The quantitative estimate of drug-likeness (QED) is 0.328. The summed E-state index contributed by atoms with van der Waals surface area (Å²) in [6.45, 7) is 0.692. The molecule has 0 fully saturated rings. The Balaban J connectivity index is 1.23. The maximum absolute atomic E-state index is 12.7. The van der Waals surface area contributed by atoms with Crippen LogP contribution in [-0.2, 0) is 17.8 Å². The predicted octanol–water partition coefficient (Wildman–Crippen LogP) is 4.70. The first-order valence-corrected chi connectivity index (χ1v) is 10.6. The maximum atomic E-state index is 12.7. The Morgan fingerprint density at radius 1 is 1.06 bits per heavy atom. The SMILES string of the molecule is O=C1Cc2cc(NC(=O)Nc3cccc4c3ccn4Cc3ccnc4[nH]ccc34)ccc2N1. The van der Waals surface area contributed by atoms with Crippen molar-refractivity contribution in [2.45, 2.75) is 13.0 Å². The molecule has 1 aliphatic rings. The standard InChI is InChI=1S/C25H20N6O2/c32-23-13-16-12-17(4-5-20(16)29-23)28-25(33)30-21-2-1-3-22-19(21)8-11-31(22)14-15-6-9-26-24-18(15)7-10-27-24/h1-12H,13-14H2,(H,26,27)(H,29,32)(H2,28,30,33). The van der Waals surface area contributed by atoms with Gasteiger partial charge in [0.1, 0.15) is 5.65 Å². The molecule has 0 bridgehead atoms. The summed E-state index contributed by atoms with van der Waals surface area (Å²) >= 11 is 0. The molecule has 8 nitrogen and oxygen atoms in total. The molecule has 162 valence electrons. The van der Waals surface area contributed by atoms with E-state index in [0.29, 0.717) is 18.7 Å². The molecule has 0 unspecified atom stereocenters. The summed E-state index contributed by atoms with van der Waals surface area (Å²) in [5.74, 6) is -0.0354. The number of fused-ring (bicyclic) bond motifs is 3. The zero-order valence-corrected chi connectivity index (χ0v) is 17.6. The minimum Gasteiger partial charge on any atom is -0.346 e. The van der Waals surface area contributed by atoms with E-state index in [0.717, 1.165) is 38.9 Å². The number of aromatic nitrogens is 3. The smallest absolute Gasteiger partial charge is 0.323 e. The predicted molar refractivity (Wildman–Crippen MR) is 129 cm³/mol. The van der Waals surface area contributed by atoms with Gasteiger partial charge in [-0.05, 0) is 59.7 Å². The minimum atomic E-state index is -0.337. The topological polar surface area (TPSA) is 104 Å². The fraction of sp³-hybridized carbons (Fsp3) is 0.0800. The molecule has 3 amide bonds. The van der Waals surface area contributed by atoms with Crippen molar-refractivity contribution < 1.29 is 9.59 Å². The van der Waals surface area contributed by atoms with Gasteiger partial charge < -0.3 is 25.5 Å². The number of hydrogen-bond acceptors (Lipinski definition) is 3. The summed E-state index contributed by atoms with van der Waals surface area (Å²) in [4.78, 5) is 31.7. The average molecular weight is 436 g/mol. The van der Waals surface area contributed by atoms with E-state index in [-0.39, 0.29) is 11.9 Å². The Bertz CT molecular complexity index is 1550. The molecule has 0 radical (unpaired) electrons. The van der Waals surface area contributed by atoms with Crippen molar-refractivity contribution in [2.24, 2.45) is 0 Å². The molecule has 6 rings (SSSR count). The second kappa shape index (κ2) is 7.52. The van der Waals surface area contributed by atoms with E-state index in [9.17, 15) is 9.59 Å². The number of aromatic amines is 1. The van der Waals surface area contributed by atoms with Crippen molar-refractivity contribution in [2.75, 3.05) is 16.0 Å². The Kier molecular flexibility index (Phi) is 4.36. The molecule has 8 heteroatoms. The van der Waals surface area contributed by atoms with E-state index in [1.165, 1.54) is 5.56 Å². The fourth-order valence-corrected chi connectivity index (χ4v) is 4.40. The van der Waals surface area contributed by atoms with Gasteiger partial charge in [-0.1, -0.05) is 6.07 Å². The number of urea groups is 1. The number of rotatable bonds is 4. The van der Waals surface area contributed by atoms with Gasteiger partial charge in [0.2, 0.25) is 5.91 Å². The van der Waals surface area contributed by atoms with Gasteiger partial charge >= 0.3 is 6.03 Å². The number of amides is 3. The molecule has 3 aromatic heterocycles. The minimum absolute atomic E-state index is 0.0354. The molecule has 0 spiro atoms. The average Bonchev–Trinajstić information content (AvgIpc) is 3.52. The van der Waals surface area contributed by atoms with Gasteiger partial charge in [-0.25, -0.2) is 9.78 Å². The molecule has 4 heterocycles. The fourth-order valence-electron chi connectivity index (χ4n) is 4.40. The normalized spacial score (nSPS) is 12.7. The molecule has 0 atom stereocenters. The van der Waals surface area contributed by atoms with Crippen LogP contribution in [0.2, 0.25) is 0 Å². The van der Waals surface area contributed by atoms with Gasteiger partial charge in [-0.2, -0.15) is 0 Å². The third-order valence-electron chi connectivity index (χ3n) is 5.94. The molecule has 5 aromatic rings. The van der Waals surface area contributed by atoms with Gasteiger partial charge in [0.25, 0.3) is 0 Å². The summed E-state index contributed by atoms with van der Waals surface area (Å²) in [6, 6.07) is 17.0. The highest BCUT2D eigenvalue weighted by molar-refractivity contribution is 6.06. The van der Waals surface area contributed by atoms with Crippen LogP contribution in [0, 0.1) is 0 Å². The van der Waals surface area contributed by atoms with Gasteiger partial charge in [0.15, 0.2) is 0 Å². The molecular formula is C25H20N6O2. The summed E-state index contributed by atoms with van der Waals surface area (Å²) in [5, 5.41) is 10.7. The molecule has 1 aliphatic heterocycles. The highest BCUT2D eigenvalue weighted by atomic mass is 16.2. The molecule has 2 aromatic carbocycles. The Labute approximate surface area is 188 Å². The van der Waals surface area contributed by atoms with Crippen LogP contribution in [0.3, 0.4) is 0 Å². The third-order valence-corrected chi connectivity index (χ3v) is 5.94. The first kappa shape index (κ1) is 19.1. The van der Waals surface area contributed by atoms with Crippen LogP contribution in [0.25, 0.3) is 21.9 Å². The summed E-state index contributed by atoms with van der Waals surface area (Å²) < 4.78 is 2.16. The van der Waals surface area contributed by atoms with Crippen LogP contribution in [-0.4, -0.2) is 26.5 Å². The Morgan fingerprint density at radius 3 is 2.94 bits per heavy atom.